The van der Waals surface area contributed by atoms with E-state index < -0.39 is 40.7 Å². The zero-order valence-electron chi connectivity index (χ0n) is 20.6. The molecule has 1 saturated carbocycles. The monoisotopic (exact) mass is 533 g/mol. The van der Waals surface area contributed by atoms with Crippen LogP contribution in [0.25, 0.3) is 0 Å². The Bertz CT molecular complexity index is 1040. The largest absolute Gasteiger partial charge is 0.473 e. The van der Waals surface area contributed by atoms with E-state index in [-0.39, 0.29) is 19.1 Å². The smallest absolute Gasteiger partial charge is 0.315 e. The van der Waals surface area contributed by atoms with E-state index in [0.717, 1.165) is 5.56 Å². The Morgan fingerprint density at radius 1 is 1.08 bits per heavy atom. The van der Waals surface area contributed by atoms with E-state index in [1.807, 2.05) is 37.3 Å². The second-order valence-electron chi connectivity index (χ2n) is 8.65. The molecule has 5 atom stereocenters. The molecule has 0 unspecified atom stereocenters. The zero-order valence-corrected chi connectivity index (χ0v) is 22.3. The van der Waals surface area contributed by atoms with Crippen molar-refractivity contribution in [3.63, 3.8) is 0 Å². The summed E-state index contributed by atoms with van der Waals surface area (Å²) in [4.78, 5) is 44.8. The maximum Gasteiger partial charge on any atom is 0.315 e. The summed E-state index contributed by atoms with van der Waals surface area (Å²) in [6, 6.07) is 9.84. The van der Waals surface area contributed by atoms with Crippen molar-refractivity contribution >= 4 is 45.7 Å². The lowest BCUT2D eigenvalue weighted by atomic mass is 9.62. The van der Waals surface area contributed by atoms with Gasteiger partial charge in [-0.2, -0.15) is 4.99 Å². The fourth-order valence-electron chi connectivity index (χ4n) is 5.03. The third kappa shape index (κ3) is 5.21. The minimum atomic E-state index is -1.48. The van der Waals surface area contributed by atoms with E-state index in [0.29, 0.717) is 35.2 Å². The average molecular weight is 534 g/mol. The standard InChI is InChI=1S/C26H31NO7S2/c1-4-31-20-13-17-12-19(22(28)32-5-2)26(21(18(17)14-34-20)23(29)33-6-3)24(30)27-25(36-26)35-15-16-10-8-7-9-11-16/h7-11,14,17,19-21H,4-6,12-13,15H2,1-3H3/t17-,19-,20-,21-,26-/m0/s1. The third-order valence-electron chi connectivity index (χ3n) is 6.54. The molecule has 0 aromatic heterocycles. The Labute approximate surface area is 219 Å². The number of amides is 1. The van der Waals surface area contributed by atoms with Crippen LogP contribution in [0.5, 0.6) is 0 Å². The number of carbonyl (C=O) groups is 3. The summed E-state index contributed by atoms with van der Waals surface area (Å²) in [6.07, 6.45) is 1.85. The van der Waals surface area contributed by atoms with Crippen LogP contribution in [0.1, 0.15) is 39.2 Å². The molecule has 2 aliphatic heterocycles. The van der Waals surface area contributed by atoms with Crippen molar-refractivity contribution in [1.29, 1.82) is 0 Å². The first-order valence-corrected chi connectivity index (χ1v) is 14.0. The Morgan fingerprint density at radius 3 is 2.50 bits per heavy atom. The highest BCUT2D eigenvalue weighted by molar-refractivity contribution is 8.39. The van der Waals surface area contributed by atoms with Crippen LogP contribution >= 0.6 is 23.5 Å². The van der Waals surface area contributed by atoms with E-state index in [1.54, 1.807) is 13.8 Å². The number of rotatable bonds is 8. The first-order chi connectivity index (χ1) is 17.4. The number of hydrogen-bond acceptors (Lipinski definition) is 9. The second-order valence-corrected chi connectivity index (χ2v) is 11.1. The van der Waals surface area contributed by atoms with Gasteiger partial charge in [0, 0.05) is 18.8 Å². The van der Waals surface area contributed by atoms with Crippen LogP contribution in [0.3, 0.4) is 0 Å². The van der Waals surface area contributed by atoms with Gasteiger partial charge in [0.15, 0.2) is 6.29 Å². The molecule has 0 bridgehead atoms. The number of esters is 2. The second kappa shape index (κ2) is 11.8. The van der Waals surface area contributed by atoms with Gasteiger partial charge in [0.1, 0.15) is 15.0 Å². The summed E-state index contributed by atoms with van der Waals surface area (Å²) in [6.45, 7) is 6.10. The molecule has 1 spiro atoms. The lowest BCUT2D eigenvalue weighted by Gasteiger charge is -2.47. The van der Waals surface area contributed by atoms with Gasteiger partial charge in [-0.3, -0.25) is 14.4 Å². The fourth-order valence-corrected chi connectivity index (χ4v) is 7.72. The molecule has 1 aromatic carbocycles. The van der Waals surface area contributed by atoms with Crippen LogP contribution in [-0.2, 0) is 39.1 Å². The van der Waals surface area contributed by atoms with Gasteiger partial charge < -0.3 is 18.9 Å². The molecule has 3 aliphatic rings. The van der Waals surface area contributed by atoms with Crippen molar-refractivity contribution in [3.8, 4) is 0 Å². The van der Waals surface area contributed by atoms with Gasteiger partial charge in [0.25, 0.3) is 5.91 Å². The van der Waals surface area contributed by atoms with Gasteiger partial charge in [-0.25, -0.2) is 0 Å². The minimum Gasteiger partial charge on any atom is -0.473 e. The van der Waals surface area contributed by atoms with Crippen LogP contribution in [0.2, 0.25) is 0 Å². The molecule has 194 valence electrons. The van der Waals surface area contributed by atoms with Crippen LogP contribution in [0.15, 0.2) is 47.2 Å². The number of carbonyl (C=O) groups excluding carboxylic acids is 3. The highest BCUT2D eigenvalue weighted by Gasteiger charge is 2.67. The van der Waals surface area contributed by atoms with Crippen LogP contribution in [-0.4, -0.2) is 53.1 Å². The van der Waals surface area contributed by atoms with Crippen LogP contribution in [0, 0.1) is 17.8 Å². The molecule has 0 radical (unpaired) electrons. The molecule has 1 fully saturated rings. The number of fused-ring (bicyclic) bond motifs is 1. The summed E-state index contributed by atoms with van der Waals surface area (Å²) in [5.41, 5.74) is 1.73. The van der Waals surface area contributed by atoms with Gasteiger partial charge in [-0.15, -0.1) is 0 Å². The quantitative estimate of drug-likeness (QED) is 0.452. The normalized spacial score (nSPS) is 29.1. The number of ether oxygens (including phenoxy) is 4. The highest BCUT2D eigenvalue weighted by Crippen LogP contribution is 2.59. The molecule has 2 heterocycles. The first-order valence-electron chi connectivity index (χ1n) is 12.2. The summed E-state index contributed by atoms with van der Waals surface area (Å²) in [7, 11) is 0. The van der Waals surface area contributed by atoms with Gasteiger partial charge in [0.2, 0.25) is 0 Å². The molecule has 1 amide bonds. The van der Waals surface area contributed by atoms with E-state index in [4.69, 9.17) is 18.9 Å². The number of benzene rings is 1. The molecule has 36 heavy (non-hydrogen) atoms. The number of hydrogen-bond donors (Lipinski definition) is 0. The predicted molar refractivity (Wildman–Crippen MR) is 138 cm³/mol. The van der Waals surface area contributed by atoms with Crippen molar-refractivity contribution in [3.05, 3.63) is 47.7 Å². The van der Waals surface area contributed by atoms with Crippen molar-refractivity contribution in [2.24, 2.45) is 22.7 Å². The highest BCUT2D eigenvalue weighted by atomic mass is 32.2. The number of aliphatic imine (C=N–C) groups is 1. The Hall–Kier alpha value is -2.30. The van der Waals surface area contributed by atoms with Crippen molar-refractivity contribution in [1.82, 2.24) is 0 Å². The number of nitrogens with zero attached hydrogens (tertiary/aromatic N) is 1. The lowest BCUT2D eigenvalue weighted by Crippen LogP contribution is -2.59. The predicted octanol–water partition coefficient (Wildman–Crippen LogP) is 4.33. The minimum absolute atomic E-state index is 0.144. The van der Waals surface area contributed by atoms with Crippen molar-refractivity contribution in [2.75, 3.05) is 19.8 Å². The molecule has 0 saturated heterocycles. The Balaban J connectivity index is 1.71. The van der Waals surface area contributed by atoms with Crippen molar-refractivity contribution in [2.45, 2.75) is 50.4 Å². The maximum absolute atomic E-state index is 13.7. The van der Waals surface area contributed by atoms with Gasteiger partial charge in [-0.1, -0.05) is 53.9 Å². The van der Waals surface area contributed by atoms with E-state index in [2.05, 4.69) is 4.99 Å². The summed E-state index contributed by atoms with van der Waals surface area (Å²) >= 11 is 2.60. The van der Waals surface area contributed by atoms with Crippen molar-refractivity contribution < 1.29 is 33.3 Å². The molecule has 8 nitrogen and oxygen atoms in total. The van der Waals surface area contributed by atoms with E-state index in [1.165, 1.54) is 29.8 Å². The van der Waals surface area contributed by atoms with Gasteiger partial charge in [-0.05, 0) is 44.2 Å². The molecule has 1 aromatic rings. The fraction of sp³-hybridized carbons (Fsp3) is 0.538. The van der Waals surface area contributed by atoms with Crippen LogP contribution < -0.4 is 0 Å². The molecule has 0 N–H and O–H groups in total. The maximum atomic E-state index is 13.7. The third-order valence-corrected chi connectivity index (χ3v) is 9.26. The molecule has 1 aliphatic carbocycles. The Morgan fingerprint density at radius 2 is 1.81 bits per heavy atom. The first kappa shape index (κ1) is 26.8. The van der Waals surface area contributed by atoms with Gasteiger partial charge >= 0.3 is 11.9 Å². The topological polar surface area (TPSA) is 100 Å². The molecule has 10 heteroatoms. The van der Waals surface area contributed by atoms with Gasteiger partial charge in [0.05, 0.1) is 25.4 Å². The molecular formula is C26H31NO7S2. The summed E-state index contributed by atoms with van der Waals surface area (Å²) in [5.74, 6) is -3.06. The summed E-state index contributed by atoms with van der Waals surface area (Å²) < 4.78 is 21.4. The molecule has 4 rings (SSSR count). The van der Waals surface area contributed by atoms with E-state index in [9.17, 15) is 14.4 Å². The number of thioether (sulfide) groups is 2. The SMILES string of the molecule is CCOC(=O)[C@@H]1C2=CO[C@H](OCC)C[C@@H]2C[C@@H](C(=O)OCC)[C@]12SC(SCc1ccccc1)=NC2=O. The average Bonchev–Trinajstić information content (AvgIpc) is 3.19. The zero-order chi connectivity index (χ0) is 25.7. The van der Waals surface area contributed by atoms with Crippen LogP contribution in [0.4, 0.5) is 0 Å². The lowest BCUT2D eigenvalue weighted by molar-refractivity contribution is -0.163. The Kier molecular flexibility index (Phi) is 8.79. The van der Waals surface area contributed by atoms with E-state index >= 15 is 0 Å². The summed E-state index contributed by atoms with van der Waals surface area (Å²) in [5, 5.41) is 0. The molecular weight excluding hydrogens is 502 g/mol.